The van der Waals surface area contributed by atoms with Gasteiger partial charge in [0.25, 0.3) is 0 Å². The lowest BCUT2D eigenvalue weighted by Gasteiger charge is -2.20. The monoisotopic (exact) mass is 350 g/mol. The molecule has 114 valence electrons. The Kier molecular flexibility index (Phi) is 5.42. The highest BCUT2D eigenvalue weighted by atomic mass is 79.9. The van der Waals surface area contributed by atoms with E-state index in [0.29, 0.717) is 0 Å². The molecular formula is C16H23BrN4. The van der Waals surface area contributed by atoms with Gasteiger partial charge < -0.3 is 10.2 Å². The lowest BCUT2D eigenvalue weighted by atomic mass is 10.0. The molecule has 4 nitrogen and oxygen atoms in total. The van der Waals surface area contributed by atoms with Gasteiger partial charge in [0.15, 0.2) is 0 Å². The summed E-state index contributed by atoms with van der Waals surface area (Å²) >= 11 is 3.63. The number of hydrogen-bond donors (Lipinski definition) is 1. The Morgan fingerprint density at radius 1 is 1.29 bits per heavy atom. The van der Waals surface area contributed by atoms with Gasteiger partial charge in [-0.3, -0.25) is 4.68 Å². The van der Waals surface area contributed by atoms with Crippen molar-refractivity contribution in [2.75, 3.05) is 26.0 Å². The third kappa shape index (κ3) is 3.47. The quantitative estimate of drug-likeness (QED) is 0.866. The zero-order valence-electron chi connectivity index (χ0n) is 13.1. The average Bonchev–Trinajstić information content (AvgIpc) is 2.83. The molecule has 0 radical (unpaired) electrons. The van der Waals surface area contributed by atoms with Crippen molar-refractivity contribution in [1.29, 1.82) is 0 Å². The Hall–Kier alpha value is -1.33. The van der Waals surface area contributed by atoms with Gasteiger partial charge >= 0.3 is 0 Å². The third-order valence-corrected chi connectivity index (χ3v) is 4.18. The molecule has 0 spiro atoms. The van der Waals surface area contributed by atoms with Gasteiger partial charge in [-0.25, -0.2) is 0 Å². The van der Waals surface area contributed by atoms with Crippen molar-refractivity contribution < 1.29 is 0 Å². The molecule has 0 aliphatic heterocycles. The van der Waals surface area contributed by atoms with Crippen LogP contribution in [-0.4, -0.2) is 30.9 Å². The molecular weight excluding hydrogens is 328 g/mol. The van der Waals surface area contributed by atoms with E-state index in [1.165, 1.54) is 16.9 Å². The fraction of sp³-hybridized carbons (Fsp3) is 0.438. The minimum atomic E-state index is 0.129. The van der Waals surface area contributed by atoms with E-state index in [1.54, 1.807) is 0 Å². The summed E-state index contributed by atoms with van der Waals surface area (Å²) in [5, 5.41) is 7.87. The van der Waals surface area contributed by atoms with Crippen molar-refractivity contribution >= 4 is 21.6 Å². The maximum absolute atomic E-state index is 4.47. The molecule has 1 atom stereocenters. The van der Waals surface area contributed by atoms with Crippen LogP contribution < -0.4 is 10.2 Å². The fourth-order valence-electron chi connectivity index (χ4n) is 2.48. The molecule has 0 saturated heterocycles. The first-order chi connectivity index (χ1) is 10.1. The summed E-state index contributed by atoms with van der Waals surface area (Å²) in [6.07, 6.45) is 2.95. The molecule has 5 heteroatoms. The van der Waals surface area contributed by atoms with E-state index in [0.717, 1.165) is 17.4 Å². The topological polar surface area (TPSA) is 33.1 Å². The highest BCUT2D eigenvalue weighted by molar-refractivity contribution is 9.10. The van der Waals surface area contributed by atoms with E-state index in [1.807, 2.05) is 13.2 Å². The maximum Gasteiger partial charge on any atom is 0.0757 e. The lowest BCUT2D eigenvalue weighted by Crippen LogP contribution is -2.22. The van der Waals surface area contributed by atoms with Gasteiger partial charge in [-0.2, -0.15) is 5.10 Å². The van der Waals surface area contributed by atoms with E-state index in [-0.39, 0.29) is 6.04 Å². The van der Waals surface area contributed by atoms with Crippen LogP contribution in [-0.2, 0) is 6.54 Å². The van der Waals surface area contributed by atoms with Gasteiger partial charge in [0.1, 0.15) is 0 Å². The Morgan fingerprint density at radius 2 is 1.95 bits per heavy atom. The predicted octanol–water partition coefficient (Wildman–Crippen LogP) is 3.43. The van der Waals surface area contributed by atoms with Crippen molar-refractivity contribution in [3.8, 4) is 0 Å². The second-order valence-electron chi connectivity index (χ2n) is 5.31. The highest BCUT2D eigenvalue weighted by Crippen LogP contribution is 2.29. The second kappa shape index (κ2) is 7.09. The Morgan fingerprint density at radius 3 is 2.48 bits per heavy atom. The van der Waals surface area contributed by atoms with Crippen molar-refractivity contribution in [2.45, 2.75) is 25.9 Å². The van der Waals surface area contributed by atoms with Crippen molar-refractivity contribution in [3.63, 3.8) is 0 Å². The Bertz CT molecular complexity index is 574. The van der Waals surface area contributed by atoms with Crippen LogP contribution in [0.4, 0.5) is 5.69 Å². The van der Waals surface area contributed by atoms with E-state index < -0.39 is 0 Å². The van der Waals surface area contributed by atoms with Crippen LogP contribution in [0.1, 0.15) is 30.6 Å². The van der Waals surface area contributed by atoms with Gasteiger partial charge in [-0.1, -0.05) is 19.1 Å². The molecule has 0 bridgehead atoms. The largest absolute Gasteiger partial charge is 0.378 e. The van der Waals surface area contributed by atoms with Crippen LogP contribution in [0.25, 0.3) is 0 Å². The van der Waals surface area contributed by atoms with Gasteiger partial charge in [0, 0.05) is 26.3 Å². The molecule has 0 aliphatic rings. The van der Waals surface area contributed by atoms with E-state index in [2.05, 4.69) is 81.2 Å². The molecule has 0 fully saturated rings. The van der Waals surface area contributed by atoms with Crippen molar-refractivity contribution in [2.24, 2.45) is 0 Å². The zero-order chi connectivity index (χ0) is 15.4. The van der Waals surface area contributed by atoms with Crippen LogP contribution in [0.5, 0.6) is 0 Å². The number of benzene rings is 1. The number of rotatable bonds is 6. The SMILES string of the molecule is CCCn1ncc(Br)c1C(NC)c1ccc(N(C)C)cc1. The molecule has 2 aromatic rings. The van der Waals surface area contributed by atoms with Crippen molar-refractivity contribution in [1.82, 2.24) is 15.1 Å². The normalized spacial score (nSPS) is 12.4. The average molecular weight is 351 g/mol. The molecule has 1 aromatic carbocycles. The number of anilines is 1. The molecule has 0 aliphatic carbocycles. The number of aryl methyl sites for hydroxylation is 1. The highest BCUT2D eigenvalue weighted by Gasteiger charge is 2.20. The Balaban J connectivity index is 2.37. The first kappa shape index (κ1) is 16.0. The standard InChI is InChI=1S/C16H23BrN4/c1-5-10-21-16(14(17)11-19-21)15(18-2)12-6-8-13(9-7-12)20(3)4/h6-9,11,15,18H,5,10H2,1-4H3. The minimum Gasteiger partial charge on any atom is -0.378 e. The summed E-state index contributed by atoms with van der Waals surface area (Å²) in [7, 11) is 6.09. The van der Waals surface area contributed by atoms with E-state index in [4.69, 9.17) is 0 Å². The number of hydrogen-bond acceptors (Lipinski definition) is 3. The third-order valence-electron chi connectivity index (χ3n) is 3.57. The van der Waals surface area contributed by atoms with Crippen LogP contribution in [0.15, 0.2) is 34.9 Å². The second-order valence-corrected chi connectivity index (χ2v) is 6.16. The van der Waals surface area contributed by atoms with Crippen LogP contribution in [0.2, 0.25) is 0 Å². The number of aromatic nitrogens is 2. The summed E-state index contributed by atoms with van der Waals surface area (Å²) in [4.78, 5) is 2.11. The van der Waals surface area contributed by atoms with Gasteiger partial charge in [0.05, 0.1) is 22.4 Å². The van der Waals surface area contributed by atoms with Crippen LogP contribution in [0.3, 0.4) is 0 Å². The molecule has 2 rings (SSSR count). The number of halogens is 1. The minimum absolute atomic E-state index is 0.129. The van der Waals surface area contributed by atoms with E-state index >= 15 is 0 Å². The first-order valence-electron chi connectivity index (χ1n) is 7.24. The molecule has 1 aromatic heterocycles. The molecule has 1 N–H and O–H groups in total. The summed E-state index contributed by atoms with van der Waals surface area (Å²) in [6.45, 7) is 3.09. The number of nitrogens with zero attached hydrogens (tertiary/aromatic N) is 3. The summed E-state index contributed by atoms with van der Waals surface area (Å²) < 4.78 is 3.12. The Labute approximate surface area is 135 Å². The lowest BCUT2D eigenvalue weighted by molar-refractivity contribution is 0.533. The zero-order valence-corrected chi connectivity index (χ0v) is 14.7. The van der Waals surface area contributed by atoms with Gasteiger partial charge in [-0.05, 0) is 47.1 Å². The number of nitrogens with one attached hydrogen (secondary N) is 1. The predicted molar refractivity (Wildman–Crippen MR) is 91.9 cm³/mol. The molecule has 21 heavy (non-hydrogen) atoms. The maximum atomic E-state index is 4.47. The fourth-order valence-corrected chi connectivity index (χ4v) is 3.00. The molecule has 0 saturated carbocycles. The summed E-state index contributed by atoms with van der Waals surface area (Å²) in [5.41, 5.74) is 3.62. The summed E-state index contributed by atoms with van der Waals surface area (Å²) in [5.74, 6) is 0. The molecule has 0 amide bonds. The van der Waals surface area contributed by atoms with Crippen LogP contribution >= 0.6 is 15.9 Å². The summed E-state index contributed by atoms with van der Waals surface area (Å²) in [6, 6.07) is 8.77. The first-order valence-corrected chi connectivity index (χ1v) is 8.03. The van der Waals surface area contributed by atoms with Crippen LogP contribution in [0, 0.1) is 0 Å². The molecule has 1 heterocycles. The molecule has 1 unspecified atom stereocenters. The smallest absolute Gasteiger partial charge is 0.0757 e. The van der Waals surface area contributed by atoms with Gasteiger partial charge in [0.2, 0.25) is 0 Å². The van der Waals surface area contributed by atoms with Crippen molar-refractivity contribution in [3.05, 3.63) is 46.2 Å². The van der Waals surface area contributed by atoms with Gasteiger partial charge in [-0.15, -0.1) is 0 Å². The van der Waals surface area contributed by atoms with E-state index in [9.17, 15) is 0 Å².